The summed E-state index contributed by atoms with van der Waals surface area (Å²) >= 11 is 0. The van der Waals surface area contributed by atoms with Gasteiger partial charge in [-0.1, -0.05) is 195 Å². The number of hydrogen-bond donors (Lipinski definition) is 1. The highest BCUT2D eigenvalue weighted by Crippen LogP contribution is 2.28. The van der Waals surface area contributed by atoms with Crippen molar-refractivity contribution >= 4 is 11.9 Å². The third kappa shape index (κ3) is 38.5. The number of ether oxygens (including phenoxy) is 2. The highest BCUT2D eigenvalue weighted by atomic mass is 16.5. The molecule has 0 bridgehead atoms. The lowest BCUT2D eigenvalue weighted by atomic mass is 9.86. The molecule has 0 aliphatic heterocycles. The molecule has 0 aromatic heterocycles. The lowest BCUT2D eigenvalue weighted by Crippen LogP contribution is -2.31. The van der Waals surface area contributed by atoms with Crippen LogP contribution in [-0.2, 0) is 19.1 Å². The van der Waals surface area contributed by atoms with Gasteiger partial charge in [0, 0.05) is 19.5 Å². The van der Waals surface area contributed by atoms with Gasteiger partial charge in [0.1, 0.15) is 12.2 Å². The molecule has 0 aromatic rings. The first-order valence-corrected chi connectivity index (χ1v) is 27.1. The van der Waals surface area contributed by atoms with E-state index in [9.17, 15) is 9.59 Å². The largest absolute Gasteiger partial charge is 0.462 e. The average Bonchev–Trinajstić information content (AvgIpc) is 3.23. The molecular formula is C54H108N2O4. The summed E-state index contributed by atoms with van der Waals surface area (Å²) in [5, 5.41) is 0. The summed E-state index contributed by atoms with van der Waals surface area (Å²) in [6.45, 7) is 17.1. The molecule has 0 aliphatic rings. The van der Waals surface area contributed by atoms with E-state index in [1.807, 2.05) is 0 Å². The third-order valence-corrected chi connectivity index (χ3v) is 13.0. The first-order chi connectivity index (χ1) is 29.2. The molecule has 0 radical (unpaired) electrons. The van der Waals surface area contributed by atoms with Crippen LogP contribution in [0.5, 0.6) is 0 Å². The molecule has 0 rings (SSSR count). The van der Waals surface area contributed by atoms with E-state index in [1.54, 1.807) is 0 Å². The van der Waals surface area contributed by atoms with Crippen LogP contribution >= 0.6 is 0 Å². The van der Waals surface area contributed by atoms with Crippen molar-refractivity contribution in [1.29, 1.82) is 0 Å². The van der Waals surface area contributed by atoms with Crippen molar-refractivity contribution in [2.45, 2.75) is 304 Å². The maximum absolute atomic E-state index is 13.4. The highest BCUT2D eigenvalue weighted by molar-refractivity contribution is 5.76. The quantitative estimate of drug-likeness (QED) is 0.0485. The predicted molar refractivity (Wildman–Crippen MR) is 262 cm³/mol. The van der Waals surface area contributed by atoms with E-state index in [2.05, 4.69) is 46.4 Å². The molecule has 0 saturated carbocycles. The van der Waals surface area contributed by atoms with Gasteiger partial charge in [0.15, 0.2) is 0 Å². The molecule has 6 heteroatoms. The molecule has 2 N–H and O–H groups in total. The van der Waals surface area contributed by atoms with Crippen molar-refractivity contribution in [2.75, 3.05) is 26.2 Å². The van der Waals surface area contributed by atoms with E-state index in [1.165, 1.54) is 186 Å². The lowest BCUT2D eigenvalue weighted by molar-refractivity contribution is -0.161. The van der Waals surface area contributed by atoms with Gasteiger partial charge in [-0.05, 0) is 104 Å². The van der Waals surface area contributed by atoms with Gasteiger partial charge in [-0.25, -0.2) is 0 Å². The van der Waals surface area contributed by atoms with E-state index in [0.717, 1.165) is 77.4 Å². The van der Waals surface area contributed by atoms with E-state index >= 15 is 0 Å². The molecule has 0 heterocycles. The van der Waals surface area contributed by atoms with Crippen molar-refractivity contribution in [3.8, 4) is 0 Å². The van der Waals surface area contributed by atoms with Gasteiger partial charge in [0.05, 0.1) is 5.41 Å². The van der Waals surface area contributed by atoms with Crippen LogP contribution in [0.25, 0.3) is 0 Å². The number of carbonyl (C=O) groups is 2. The molecule has 0 spiro atoms. The highest BCUT2D eigenvalue weighted by Gasteiger charge is 2.30. The molecule has 0 saturated heterocycles. The zero-order valence-electron chi connectivity index (χ0n) is 41.7. The molecule has 60 heavy (non-hydrogen) atoms. The van der Waals surface area contributed by atoms with Crippen molar-refractivity contribution in [3.05, 3.63) is 0 Å². The van der Waals surface area contributed by atoms with Crippen LogP contribution in [0.2, 0.25) is 0 Å². The maximum Gasteiger partial charge on any atom is 0.311 e. The summed E-state index contributed by atoms with van der Waals surface area (Å²) < 4.78 is 12.3. The van der Waals surface area contributed by atoms with Crippen LogP contribution in [-0.4, -0.2) is 55.2 Å². The number of hydrogen-bond acceptors (Lipinski definition) is 6. The fourth-order valence-electron chi connectivity index (χ4n) is 8.70. The Morgan fingerprint density at radius 3 is 1.17 bits per heavy atom. The standard InChI is InChI=1S/C54H108N2O4/c1-7-11-15-19-24-32-40-50(41-33-25-20-16-12-8-2)59-52(57)44-36-28-23-30-38-47-56(49-46-55)48-39-31-29-37-45-54(5,6)53(58)60-51(42-34-26-21-17-13-9-3)43-35-27-22-18-14-10-4/h50-51H,7-49,55H2,1-6H3. The Morgan fingerprint density at radius 1 is 0.433 bits per heavy atom. The Balaban J connectivity index is 4.40. The van der Waals surface area contributed by atoms with Gasteiger partial charge in [-0.15, -0.1) is 0 Å². The Bertz CT molecular complexity index is 878. The number of unbranched alkanes of at least 4 members (excludes halogenated alkanes) is 27. The van der Waals surface area contributed by atoms with Crippen LogP contribution in [0.3, 0.4) is 0 Å². The van der Waals surface area contributed by atoms with Crippen molar-refractivity contribution in [1.82, 2.24) is 4.90 Å². The smallest absolute Gasteiger partial charge is 0.311 e. The minimum atomic E-state index is -0.421. The summed E-state index contributed by atoms with van der Waals surface area (Å²) in [4.78, 5) is 28.8. The number of nitrogens with zero attached hydrogens (tertiary/aromatic N) is 1. The predicted octanol–water partition coefficient (Wildman–Crippen LogP) is 16.4. The molecule has 358 valence electrons. The molecule has 6 nitrogen and oxygen atoms in total. The van der Waals surface area contributed by atoms with Gasteiger partial charge in [0.25, 0.3) is 0 Å². The molecule has 0 unspecified atom stereocenters. The Labute approximate surface area is 376 Å². The third-order valence-electron chi connectivity index (χ3n) is 13.0. The van der Waals surface area contributed by atoms with E-state index < -0.39 is 5.41 Å². The summed E-state index contributed by atoms with van der Waals surface area (Å²) in [5.74, 6) is 0.0468. The fourth-order valence-corrected chi connectivity index (χ4v) is 8.70. The van der Waals surface area contributed by atoms with Gasteiger partial charge in [-0.3, -0.25) is 9.59 Å². The van der Waals surface area contributed by atoms with Crippen LogP contribution in [0.4, 0.5) is 0 Å². The van der Waals surface area contributed by atoms with Crippen molar-refractivity contribution < 1.29 is 19.1 Å². The zero-order valence-corrected chi connectivity index (χ0v) is 41.7. The normalized spacial score (nSPS) is 12.0. The van der Waals surface area contributed by atoms with Gasteiger partial charge >= 0.3 is 11.9 Å². The van der Waals surface area contributed by atoms with Crippen molar-refractivity contribution in [3.63, 3.8) is 0 Å². The zero-order chi connectivity index (χ0) is 44.2. The van der Waals surface area contributed by atoms with Crippen LogP contribution in [0.15, 0.2) is 0 Å². The topological polar surface area (TPSA) is 81.9 Å². The molecule has 0 aliphatic carbocycles. The average molecular weight is 849 g/mol. The second-order valence-corrected chi connectivity index (χ2v) is 19.6. The molecule has 0 atom stereocenters. The van der Waals surface area contributed by atoms with Crippen LogP contribution in [0, 0.1) is 5.41 Å². The fraction of sp³-hybridized carbons (Fsp3) is 0.963. The monoisotopic (exact) mass is 849 g/mol. The van der Waals surface area contributed by atoms with Gasteiger partial charge in [0.2, 0.25) is 0 Å². The number of carbonyl (C=O) groups excluding carboxylic acids is 2. The van der Waals surface area contributed by atoms with E-state index in [-0.39, 0.29) is 24.1 Å². The lowest BCUT2D eigenvalue weighted by Gasteiger charge is -2.27. The Morgan fingerprint density at radius 2 is 0.767 bits per heavy atom. The summed E-state index contributed by atoms with van der Waals surface area (Å²) in [7, 11) is 0. The second kappa shape index (κ2) is 44.5. The minimum Gasteiger partial charge on any atom is -0.462 e. The Hall–Kier alpha value is -1.14. The summed E-state index contributed by atoms with van der Waals surface area (Å²) in [6.07, 6.45) is 46.9. The first-order valence-electron chi connectivity index (χ1n) is 27.1. The minimum absolute atomic E-state index is 0.0183. The first kappa shape index (κ1) is 58.9. The number of rotatable bonds is 48. The van der Waals surface area contributed by atoms with Gasteiger partial charge in [-0.2, -0.15) is 0 Å². The maximum atomic E-state index is 13.4. The summed E-state index contributed by atoms with van der Waals surface area (Å²) in [5.41, 5.74) is 5.58. The molecule has 0 amide bonds. The van der Waals surface area contributed by atoms with E-state index in [4.69, 9.17) is 15.2 Å². The van der Waals surface area contributed by atoms with Gasteiger partial charge < -0.3 is 20.1 Å². The van der Waals surface area contributed by atoms with E-state index in [0.29, 0.717) is 13.0 Å². The number of nitrogens with two attached hydrogens (primary N) is 1. The SMILES string of the molecule is CCCCCCCCC(CCCCCCCC)OC(=O)CCCCCCCN(CCN)CCCCCCC(C)(C)C(=O)OC(CCCCCCCC)CCCCCCCC. The molecular weight excluding hydrogens is 741 g/mol. The van der Waals surface area contributed by atoms with Crippen LogP contribution < -0.4 is 5.73 Å². The van der Waals surface area contributed by atoms with Crippen LogP contribution in [0.1, 0.15) is 292 Å². The molecule has 0 fully saturated rings. The number of esters is 2. The Kier molecular flexibility index (Phi) is 43.6. The van der Waals surface area contributed by atoms with Crippen molar-refractivity contribution in [2.24, 2.45) is 11.1 Å². The second-order valence-electron chi connectivity index (χ2n) is 19.6. The molecule has 0 aromatic carbocycles. The summed E-state index contributed by atoms with van der Waals surface area (Å²) in [6, 6.07) is 0.